The van der Waals surface area contributed by atoms with Crippen LogP contribution in [0.2, 0.25) is 0 Å². The number of imidazole rings is 1. The molecule has 5 heteroatoms. The molecule has 0 saturated heterocycles. The molecule has 382 valence electrons. The van der Waals surface area contributed by atoms with Crippen LogP contribution < -0.4 is 0 Å². The fraction of sp³-hybridized carbons (Fsp3) is 0.304. The van der Waals surface area contributed by atoms with Crippen molar-refractivity contribution < 1.29 is 59.1 Å². The van der Waals surface area contributed by atoms with Gasteiger partial charge >= 0.3 is 0 Å². The first kappa shape index (κ1) is 30.9. The fourth-order valence-corrected chi connectivity index (χ4v) is 8.94. The standard InChI is InChI=1S/C69H74N3O.Pt/c1-65(2,3)43-44-29-31-45(32-30-44)48-33-34-70-59(38-48)50-35-49(36-51(37-50)66(4,5)6)54-27-22-28-60-61(54)71-64(57-41-53(68(10,11)12)42-58(63(57)73)69(13,14)15)72(60)62-55(46-23-18-16-19-24-46)39-52(67(7,8)9)40-56(62)47-25-20-17-21-26-47;/h16-34,36-42,73H,43H2,1-15H3;/q-1;/i10D3,11D3,12D3,13D3,14D3,15D3,31D,32D,33D,38D,43D2;. The molecule has 0 spiro atoms. The molecule has 1 N–H and O–H groups in total. The van der Waals surface area contributed by atoms with E-state index >= 15 is 0 Å². The molecule has 0 bridgehead atoms. The van der Waals surface area contributed by atoms with Crippen molar-refractivity contribution in [2.75, 3.05) is 0 Å². The molecule has 0 aliphatic rings. The molecule has 9 rings (SSSR count). The van der Waals surface area contributed by atoms with Crippen LogP contribution in [-0.2, 0) is 49.1 Å². The number of para-hydroxylation sites is 1. The van der Waals surface area contributed by atoms with Gasteiger partial charge in [0.2, 0.25) is 0 Å². The van der Waals surface area contributed by atoms with E-state index in [-0.39, 0.29) is 107 Å². The van der Waals surface area contributed by atoms with Crippen LogP contribution in [0.25, 0.3) is 83.9 Å². The molecule has 0 atom stereocenters. The second-order valence-electron chi connectivity index (χ2n) is 21.7. The average Bonchev–Trinajstić information content (AvgIpc) is 0.890. The number of rotatable bonds is 8. The van der Waals surface area contributed by atoms with Crippen molar-refractivity contribution in [1.29, 1.82) is 0 Å². The van der Waals surface area contributed by atoms with Crippen LogP contribution in [0.5, 0.6) is 5.75 Å². The van der Waals surface area contributed by atoms with Gasteiger partial charge in [0.25, 0.3) is 0 Å². The van der Waals surface area contributed by atoms with Gasteiger partial charge in [0, 0.05) is 77.1 Å². The topological polar surface area (TPSA) is 50.9 Å². The van der Waals surface area contributed by atoms with E-state index in [4.69, 9.17) is 33.8 Å². The number of benzene rings is 7. The smallest absolute Gasteiger partial charge is 0.148 e. The van der Waals surface area contributed by atoms with Crippen LogP contribution in [0.4, 0.5) is 0 Å². The molecule has 0 aliphatic heterocycles. The summed E-state index contributed by atoms with van der Waals surface area (Å²) < 4.78 is 217. The van der Waals surface area contributed by atoms with E-state index in [0.29, 0.717) is 33.9 Å². The number of phenols is 1. The van der Waals surface area contributed by atoms with Crippen molar-refractivity contribution in [2.24, 2.45) is 5.41 Å². The van der Waals surface area contributed by atoms with Gasteiger partial charge in [-0.2, -0.15) is 0 Å². The Balaban J connectivity index is 0.0000122. The van der Waals surface area contributed by atoms with Crippen molar-refractivity contribution in [3.05, 3.63) is 192 Å². The molecule has 0 aliphatic carbocycles. The largest absolute Gasteiger partial charge is 0.507 e. The number of fused-ring (bicyclic) bond motifs is 1. The molecule has 0 amide bonds. The summed E-state index contributed by atoms with van der Waals surface area (Å²) in [5, 5.41) is 13.4. The van der Waals surface area contributed by atoms with Gasteiger partial charge in [-0.3, -0.25) is 9.55 Å². The van der Waals surface area contributed by atoms with Crippen LogP contribution in [0.3, 0.4) is 0 Å². The Hall–Kier alpha value is -6.35. The Labute approximate surface area is 490 Å². The fourth-order valence-electron chi connectivity index (χ4n) is 8.94. The summed E-state index contributed by atoms with van der Waals surface area (Å²) in [4.78, 5) is 9.88. The van der Waals surface area contributed by atoms with E-state index < -0.39 is 103 Å². The number of nitrogens with zero attached hydrogens (tertiary/aromatic N) is 3. The Kier molecular flexibility index (Phi) is 8.37. The molecule has 2 heterocycles. The molecular formula is C69H74N3OPt-. The quantitative estimate of drug-likeness (QED) is 0.154. The summed E-state index contributed by atoms with van der Waals surface area (Å²) in [7, 11) is 0. The van der Waals surface area contributed by atoms with Gasteiger partial charge in [0.15, 0.2) is 0 Å². The number of aromatic hydroxyl groups is 1. The number of phenolic OH excluding ortho intramolecular Hbond substituents is 1. The maximum absolute atomic E-state index is 13.4. The molecule has 0 fully saturated rings. The Morgan fingerprint density at radius 2 is 1.12 bits per heavy atom. The van der Waals surface area contributed by atoms with Gasteiger partial charge < -0.3 is 5.11 Å². The zero-order valence-corrected chi connectivity index (χ0v) is 45.1. The Bertz CT molecular complexity index is 4370. The van der Waals surface area contributed by atoms with E-state index in [1.807, 2.05) is 77.9 Å². The van der Waals surface area contributed by atoms with Gasteiger partial charge in [0.05, 0.1) is 27.8 Å². The zero-order valence-electron chi connectivity index (χ0n) is 66.8. The summed E-state index contributed by atoms with van der Waals surface area (Å²) in [5.74, 6) is -1.99. The number of hydrogen-bond acceptors (Lipinski definition) is 3. The Morgan fingerprint density at radius 3 is 1.69 bits per heavy atom. The summed E-state index contributed by atoms with van der Waals surface area (Å²) in [6, 6.07) is 35.8. The normalized spacial score (nSPS) is 18.5. The van der Waals surface area contributed by atoms with Crippen molar-refractivity contribution in [3.63, 3.8) is 0 Å². The van der Waals surface area contributed by atoms with Crippen LogP contribution in [0.1, 0.15) is 164 Å². The molecule has 9 aromatic rings. The van der Waals surface area contributed by atoms with Crippen molar-refractivity contribution in [3.8, 4) is 78.6 Å². The third kappa shape index (κ3) is 11.2. The summed E-state index contributed by atoms with van der Waals surface area (Å²) in [5.41, 5.74) is -10.2. The van der Waals surface area contributed by atoms with Crippen molar-refractivity contribution >= 4 is 11.0 Å². The monoisotopic (exact) mass is 1180 g/mol. The summed E-state index contributed by atoms with van der Waals surface area (Å²) in [6.07, 6.45) is -0.830. The Morgan fingerprint density at radius 1 is 0.568 bits per heavy atom. The first-order valence-electron chi connectivity index (χ1n) is 36.0. The molecule has 0 saturated carbocycles. The maximum atomic E-state index is 13.4. The molecule has 4 nitrogen and oxygen atoms in total. The third-order valence-corrected chi connectivity index (χ3v) is 12.7. The van der Waals surface area contributed by atoms with Crippen LogP contribution in [-0.4, -0.2) is 19.6 Å². The maximum Gasteiger partial charge on any atom is 0.148 e. The van der Waals surface area contributed by atoms with E-state index in [0.717, 1.165) is 5.56 Å². The second-order valence-corrected chi connectivity index (χ2v) is 21.7. The number of pyridine rings is 1. The van der Waals surface area contributed by atoms with Crippen LogP contribution in [0.15, 0.2) is 158 Å². The number of hydrogen-bond donors (Lipinski definition) is 1. The summed E-state index contributed by atoms with van der Waals surface area (Å²) in [6.45, 7) is -8.33. The van der Waals surface area contributed by atoms with Crippen LogP contribution >= 0.6 is 0 Å². The van der Waals surface area contributed by atoms with E-state index in [1.165, 1.54) is 22.9 Å². The zero-order chi connectivity index (χ0) is 72.7. The van der Waals surface area contributed by atoms with Gasteiger partial charge in [-0.25, -0.2) is 4.98 Å². The summed E-state index contributed by atoms with van der Waals surface area (Å²) >= 11 is 0. The second kappa shape index (κ2) is 20.1. The van der Waals surface area contributed by atoms with E-state index in [9.17, 15) is 9.22 Å². The molecule has 2 aromatic heterocycles. The minimum atomic E-state index is -4.25. The SMILES string of the molecule is [2H]c1cc(C([2H])([2H])C(C)(C)C)cc([2H])c1-c1c([2H])cnc(-c2[c-]c(-c3cccc4c3nc(-c3cc(C(C([2H])([2H])[2H])(C([2H])([2H])[2H])C([2H])([2H])[2H])cc(C(C([2H])([2H])[2H])(C([2H])([2H])[2H])C([2H])([2H])[2H])c3O)n4-c3c(-c4ccccc4)cc(C(C)(C)C)cc3-c3ccccc3)cc(C(C)(C)C)c2)c1[2H].[Pt]. The van der Waals surface area contributed by atoms with Gasteiger partial charge in [-0.15, -0.1) is 29.3 Å². The molecule has 0 unspecified atom stereocenters. The van der Waals surface area contributed by atoms with Gasteiger partial charge in [0.1, 0.15) is 11.6 Å². The van der Waals surface area contributed by atoms with E-state index in [2.05, 4.69) is 11.1 Å². The molecule has 74 heavy (non-hydrogen) atoms. The van der Waals surface area contributed by atoms with Crippen molar-refractivity contribution in [2.45, 2.75) is 131 Å². The minimum Gasteiger partial charge on any atom is -0.507 e. The minimum absolute atomic E-state index is 0. The predicted molar refractivity (Wildman–Crippen MR) is 310 cm³/mol. The van der Waals surface area contributed by atoms with E-state index in [1.54, 1.807) is 87.5 Å². The van der Waals surface area contributed by atoms with Crippen molar-refractivity contribution in [1.82, 2.24) is 14.5 Å². The van der Waals surface area contributed by atoms with Gasteiger partial charge in [-0.05, 0) is 103 Å². The first-order chi connectivity index (χ1) is 44.2. The van der Waals surface area contributed by atoms with Crippen LogP contribution in [0, 0.1) is 11.5 Å². The van der Waals surface area contributed by atoms with Gasteiger partial charge in [-0.1, -0.05) is 224 Å². The molecule has 7 aromatic carbocycles. The average molecular weight is 1180 g/mol. The predicted octanol–water partition coefficient (Wildman–Crippen LogP) is 18.7. The molecular weight excluding hydrogens is 1080 g/mol. The first-order valence-corrected chi connectivity index (χ1v) is 24.0. The number of aromatic nitrogens is 3. The molecule has 0 radical (unpaired) electrons. The third-order valence-electron chi connectivity index (χ3n) is 12.7.